The largest absolute Gasteiger partial charge is 0.496 e. The van der Waals surface area contributed by atoms with E-state index in [2.05, 4.69) is 27.9 Å². The van der Waals surface area contributed by atoms with Crippen molar-refractivity contribution >= 4 is 34.4 Å². The Balaban J connectivity index is 1.62. The van der Waals surface area contributed by atoms with Crippen LogP contribution in [0.25, 0.3) is 0 Å². The summed E-state index contributed by atoms with van der Waals surface area (Å²) in [5.41, 5.74) is 1.40. The van der Waals surface area contributed by atoms with Crippen LogP contribution in [0.3, 0.4) is 0 Å². The molecule has 2 aromatic rings. The van der Waals surface area contributed by atoms with Crippen LogP contribution in [0.2, 0.25) is 0 Å². The Morgan fingerprint density at radius 2 is 1.78 bits per heavy atom. The first-order valence-corrected chi connectivity index (χ1v) is 15.6. The number of nitrogens with zero attached hydrogens (tertiary/aromatic N) is 1. The van der Waals surface area contributed by atoms with E-state index in [4.69, 9.17) is 9.47 Å². The zero-order valence-electron chi connectivity index (χ0n) is 23.6. The molecule has 9 heteroatoms. The Kier molecular flexibility index (Phi) is 11.9. The second-order valence-corrected chi connectivity index (χ2v) is 11.9. The monoisotopic (exact) mass is 676 g/mol. The van der Waals surface area contributed by atoms with Crippen LogP contribution in [0.5, 0.6) is 11.5 Å². The van der Waals surface area contributed by atoms with Crippen LogP contribution in [0.15, 0.2) is 60.2 Å². The first-order valence-electron chi connectivity index (χ1n) is 14.5. The van der Waals surface area contributed by atoms with E-state index in [1.807, 2.05) is 48.5 Å². The molecule has 0 spiro atoms. The lowest BCUT2D eigenvalue weighted by Gasteiger charge is -2.41. The smallest absolute Gasteiger partial charge is 0.247 e. The quantitative estimate of drug-likeness (QED) is 0.274. The first kappa shape index (κ1) is 31.3. The molecule has 0 heterocycles. The molecule has 2 aromatic carbocycles. The van der Waals surface area contributed by atoms with Crippen molar-refractivity contribution in [3.05, 3.63) is 69.3 Å². The number of nitrogens with one attached hydrogen (secondary N) is 1. The van der Waals surface area contributed by atoms with Gasteiger partial charge in [0.25, 0.3) is 0 Å². The minimum Gasteiger partial charge on any atom is -0.496 e. The second-order valence-electron chi connectivity index (χ2n) is 10.8. The maximum Gasteiger partial charge on any atom is 0.247 e. The van der Waals surface area contributed by atoms with Gasteiger partial charge in [-0.15, -0.1) is 0 Å². The van der Waals surface area contributed by atoms with E-state index >= 15 is 0 Å². The lowest BCUT2D eigenvalue weighted by Crippen LogP contribution is -2.55. The Morgan fingerprint density at radius 1 is 1.07 bits per heavy atom. The summed E-state index contributed by atoms with van der Waals surface area (Å²) in [4.78, 5) is 28.7. The standard InChI is InChI=1S/C32H41IN2O6/c1-40-27-12-6-4-10-23(27)16-18-35(30(37)15-14-22-8-2-3-9-22)26-20-24(32(39)34-17-19-36)21-29(31(26)38)41-28-13-7-5-11-25(28)33/h4-7,10-13,21-22,26,29,31,36,38H,2-3,8-9,14-20H2,1H3,(H,34,39). The van der Waals surface area contributed by atoms with Crippen LogP contribution >= 0.6 is 22.6 Å². The maximum absolute atomic E-state index is 13.9. The van der Waals surface area contributed by atoms with E-state index in [-0.39, 0.29) is 31.4 Å². The summed E-state index contributed by atoms with van der Waals surface area (Å²) in [5, 5.41) is 23.7. The molecule has 0 aliphatic heterocycles. The van der Waals surface area contributed by atoms with Gasteiger partial charge in [0.2, 0.25) is 11.8 Å². The van der Waals surface area contributed by atoms with Gasteiger partial charge in [-0.05, 0) is 71.2 Å². The summed E-state index contributed by atoms with van der Waals surface area (Å²) in [6, 6.07) is 14.6. The van der Waals surface area contributed by atoms with Gasteiger partial charge in [0.1, 0.15) is 23.7 Å². The molecule has 2 aliphatic rings. The molecule has 1 fully saturated rings. The summed E-state index contributed by atoms with van der Waals surface area (Å²) >= 11 is 2.17. The average molecular weight is 677 g/mol. The number of rotatable bonds is 13. The molecule has 4 rings (SSSR count). The third kappa shape index (κ3) is 8.45. The SMILES string of the molecule is COc1ccccc1CCN(C(=O)CCC1CCCC1)C1CC(C(=O)NCCO)=CC(Oc2ccccc2I)C1O. The number of aliphatic hydroxyl groups excluding tert-OH is 2. The Bertz CT molecular complexity index is 1200. The highest BCUT2D eigenvalue weighted by Crippen LogP contribution is 2.32. The Labute approximate surface area is 256 Å². The summed E-state index contributed by atoms with van der Waals surface area (Å²) in [6.45, 7) is 0.300. The molecule has 2 aliphatic carbocycles. The highest BCUT2D eigenvalue weighted by molar-refractivity contribution is 14.1. The van der Waals surface area contributed by atoms with Crippen LogP contribution in [0, 0.1) is 9.49 Å². The number of carbonyl (C=O) groups is 2. The van der Waals surface area contributed by atoms with Crippen molar-refractivity contribution in [2.24, 2.45) is 5.92 Å². The van der Waals surface area contributed by atoms with Crippen molar-refractivity contribution in [3.63, 3.8) is 0 Å². The summed E-state index contributed by atoms with van der Waals surface area (Å²) in [5.74, 6) is 1.54. The van der Waals surface area contributed by atoms with E-state index in [0.717, 1.165) is 34.1 Å². The molecule has 0 radical (unpaired) electrons. The normalized spacial score (nSPS) is 20.8. The molecule has 3 N–H and O–H groups in total. The van der Waals surface area contributed by atoms with Crippen LogP contribution < -0.4 is 14.8 Å². The topological polar surface area (TPSA) is 108 Å². The molecule has 3 unspecified atom stereocenters. The summed E-state index contributed by atoms with van der Waals surface area (Å²) in [7, 11) is 1.63. The molecule has 0 bridgehead atoms. The van der Waals surface area contributed by atoms with Gasteiger partial charge >= 0.3 is 0 Å². The van der Waals surface area contributed by atoms with Crippen LogP contribution in [-0.4, -0.2) is 72.0 Å². The molecule has 8 nitrogen and oxygen atoms in total. The maximum atomic E-state index is 13.9. The fourth-order valence-electron chi connectivity index (χ4n) is 5.86. The lowest BCUT2D eigenvalue weighted by molar-refractivity contribution is -0.138. The summed E-state index contributed by atoms with van der Waals surface area (Å²) in [6.07, 6.45) is 6.47. The Morgan fingerprint density at radius 3 is 2.49 bits per heavy atom. The molecular weight excluding hydrogens is 635 g/mol. The van der Waals surface area contributed by atoms with Gasteiger partial charge in [0, 0.05) is 31.5 Å². The molecule has 2 amide bonds. The molecule has 222 valence electrons. The van der Waals surface area contributed by atoms with Gasteiger partial charge in [-0.3, -0.25) is 9.59 Å². The summed E-state index contributed by atoms with van der Waals surface area (Å²) < 4.78 is 12.7. The molecule has 3 atom stereocenters. The van der Waals surface area contributed by atoms with Crippen molar-refractivity contribution in [3.8, 4) is 11.5 Å². The number of amides is 2. The molecular formula is C32H41IN2O6. The molecule has 0 saturated heterocycles. The van der Waals surface area contributed by atoms with E-state index in [9.17, 15) is 19.8 Å². The van der Waals surface area contributed by atoms with Crippen LogP contribution in [0.4, 0.5) is 0 Å². The fourth-order valence-corrected chi connectivity index (χ4v) is 6.38. The minimum atomic E-state index is -1.05. The number of halogens is 1. The number of para-hydroxylation sites is 2. The van der Waals surface area contributed by atoms with Gasteiger partial charge in [0.05, 0.1) is 23.3 Å². The fraction of sp³-hybridized carbons (Fsp3) is 0.500. The predicted molar refractivity (Wildman–Crippen MR) is 166 cm³/mol. The average Bonchev–Trinajstić information content (AvgIpc) is 3.51. The van der Waals surface area contributed by atoms with Gasteiger partial charge in [-0.25, -0.2) is 0 Å². The first-order chi connectivity index (χ1) is 19.9. The van der Waals surface area contributed by atoms with Crippen molar-refractivity contribution in [1.82, 2.24) is 10.2 Å². The number of hydrogen-bond acceptors (Lipinski definition) is 6. The van der Waals surface area contributed by atoms with Crippen LogP contribution in [-0.2, 0) is 16.0 Å². The third-order valence-corrected chi connectivity index (χ3v) is 8.98. The number of benzene rings is 2. The molecule has 0 aromatic heterocycles. The van der Waals surface area contributed by atoms with Crippen LogP contribution in [0.1, 0.15) is 50.5 Å². The van der Waals surface area contributed by atoms with Crippen molar-refractivity contribution < 1.29 is 29.3 Å². The van der Waals surface area contributed by atoms with Crippen molar-refractivity contribution in [2.75, 3.05) is 26.8 Å². The third-order valence-electron chi connectivity index (χ3n) is 8.09. The zero-order valence-corrected chi connectivity index (χ0v) is 25.8. The zero-order chi connectivity index (χ0) is 29.2. The minimum absolute atomic E-state index is 0.0269. The number of hydrogen-bond donors (Lipinski definition) is 3. The van der Waals surface area contributed by atoms with Crippen molar-refractivity contribution in [2.45, 2.75) is 69.6 Å². The van der Waals surface area contributed by atoms with Crippen molar-refractivity contribution in [1.29, 1.82) is 0 Å². The van der Waals surface area contributed by atoms with E-state index in [1.54, 1.807) is 18.1 Å². The number of methoxy groups -OCH3 is 1. The Hall–Kier alpha value is -2.63. The highest BCUT2D eigenvalue weighted by Gasteiger charge is 2.40. The van der Waals surface area contributed by atoms with E-state index in [1.165, 1.54) is 12.8 Å². The number of carbonyl (C=O) groups excluding carboxylic acids is 2. The van der Waals surface area contributed by atoms with Gasteiger partial charge in [-0.2, -0.15) is 0 Å². The molecule has 1 saturated carbocycles. The molecule has 41 heavy (non-hydrogen) atoms. The van der Waals surface area contributed by atoms with Gasteiger partial charge < -0.3 is 29.9 Å². The van der Waals surface area contributed by atoms with E-state index < -0.39 is 18.2 Å². The van der Waals surface area contributed by atoms with E-state index in [0.29, 0.717) is 36.6 Å². The van der Waals surface area contributed by atoms with Gasteiger partial charge in [0.15, 0.2) is 0 Å². The predicted octanol–water partition coefficient (Wildman–Crippen LogP) is 4.26. The lowest BCUT2D eigenvalue weighted by atomic mass is 9.87. The number of aliphatic hydroxyl groups is 2. The highest BCUT2D eigenvalue weighted by atomic mass is 127. The second kappa shape index (κ2) is 15.6. The van der Waals surface area contributed by atoms with Gasteiger partial charge in [-0.1, -0.05) is 56.0 Å². The number of ether oxygens (including phenoxy) is 2.